The van der Waals surface area contributed by atoms with E-state index in [0.29, 0.717) is 19.8 Å². The largest absolute Gasteiger partial charge is 0.394 e. The molecule has 1 aliphatic heterocycles. The van der Waals surface area contributed by atoms with Crippen LogP contribution in [0.1, 0.15) is 19.3 Å². The van der Waals surface area contributed by atoms with Crippen LogP contribution in [0.2, 0.25) is 0 Å². The van der Waals surface area contributed by atoms with Gasteiger partial charge in [-0.1, -0.05) is 0 Å². The number of aliphatic hydroxyl groups excluding tert-OH is 1. The summed E-state index contributed by atoms with van der Waals surface area (Å²) < 4.78 is 15.8. The van der Waals surface area contributed by atoms with E-state index in [-0.39, 0.29) is 12.9 Å². The molecular formula is C9H18O4. The summed E-state index contributed by atoms with van der Waals surface area (Å²) in [4.78, 5) is 0. The van der Waals surface area contributed by atoms with Gasteiger partial charge in [0.2, 0.25) is 0 Å². The number of rotatable bonds is 6. The van der Waals surface area contributed by atoms with Gasteiger partial charge in [-0.2, -0.15) is 0 Å². The van der Waals surface area contributed by atoms with Gasteiger partial charge in [-0.05, 0) is 19.3 Å². The Morgan fingerprint density at radius 3 is 2.85 bits per heavy atom. The molecule has 0 amide bonds. The normalized spacial score (nSPS) is 23.3. The Kier molecular flexibility index (Phi) is 6.10. The minimum absolute atomic E-state index is 0.0357. The standard InChI is InChI=1S/C9H18O4/c10-4-6-11-7-8-13-9-3-1-2-5-12-9/h9-10H,1-8H2/t9-/m0/s1. The van der Waals surface area contributed by atoms with Crippen molar-refractivity contribution in [2.75, 3.05) is 33.0 Å². The molecule has 13 heavy (non-hydrogen) atoms. The molecule has 0 aromatic rings. The summed E-state index contributed by atoms with van der Waals surface area (Å²) in [6, 6.07) is 0. The first-order valence-corrected chi connectivity index (χ1v) is 4.85. The van der Waals surface area contributed by atoms with Crippen LogP contribution in [0.3, 0.4) is 0 Å². The first-order chi connectivity index (χ1) is 6.43. The van der Waals surface area contributed by atoms with Crippen LogP contribution in [-0.2, 0) is 14.2 Å². The second kappa shape index (κ2) is 7.26. The van der Waals surface area contributed by atoms with E-state index in [0.717, 1.165) is 19.4 Å². The second-order valence-electron chi connectivity index (χ2n) is 3.00. The van der Waals surface area contributed by atoms with Gasteiger partial charge in [0.15, 0.2) is 6.29 Å². The van der Waals surface area contributed by atoms with E-state index in [9.17, 15) is 0 Å². The quantitative estimate of drug-likeness (QED) is 0.621. The fraction of sp³-hybridized carbons (Fsp3) is 1.00. The van der Waals surface area contributed by atoms with Gasteiger partial charge < -0.3 is 19.3 Å². The maximum absolute atomic E-state index is 8.42. The summed E-state index contributed by atoms with van der Waals surface area (Å²) in [7, 11) is 0. The smallest absolute Gasteiger partial charge is 0.157 e. The number of hydrogen-bond acceptors (Lipinski definition) is 4. The van der Waals surface area contributed by atoms with E-state index in [2.05, 4.69) is 0 Å². The van der Waals surface area contributed by atoms with Crippen molar-refractivity contribution in [2.24, 2.45) is 0 Å². The summed E-state index contributed by atoms with van der Waals surface area (Å²) in [5, 5.41) is 8.42. The first kappa shape index (κ1) is 10.9. The van der Waals surface area contributed by atoms with Crippen molar-refractivity contribution in [2.45, 2.75) is 25.6 Å². The molecule has 0 spiro atoms. The highest BCUT2D eigenvalue weighted by atomic mass is 16.7. The van der Waals surface area contributed by atoms with Crippen molar-refractivity contribution in [3.63, 3.8) is 0 Å². The molecule has 0 saturated carbocycles. The fourth-order valence-corrected chi connectivity index (χ4v) is 1.25. The molecule has 1 saturated heterocycles. The highest BCUT2D eigenvalue weighted by Gasteiger charge is 2.13. The van der Waals surface area contributed by atoms with E-state index < -0.39 is 0 Å². The zero-order valence-electron chi connectivity index (χ0n) is 7.91. The van der Waals surface area contributed by atoms with Gasteiger partial charge in [0.25, 0.3) is 0 Å². The van der Waals surface area contributed by atoms with Gasteiger partial charge in [0.05, 0.1) is 26.4 Å². The zero-order valence-corrected chi connectivity index (χ0v) is 7.91. The lowest BCUT2D eigenvalue weighted by Gasteiger charge is -2.22. The van der Waals surface area contributed by atoms with Crippen LogP contribution in [0.5, 0.6) is 0 Å². The SMILES string of the molecule is OCCOCCO[C@H]1CCCCO1. The third-order valence-corrected chi connectivity index (χ3v) is 1.90. The van der Waals surface area contributed by atoms with E-state index >= 15 is 0 Å². The summed E-state index contributed by atoms with van der Waals surface area (Å²) in [5.74, 6) is 0. The van der Waals surface area contributed by atoms with E-state index in [1.807, 2.05) is 0 Å². The minimum atomic E-state index is -0.0357. The Bertz CT molecular complexity index is 112. The molecule has 0 bridgehead atoms. The molecule has 78 valence electrons. The number of aliphatic hydroxyl groups is 1. The van der Waals surface area contributed by atoms with Crippen LogP contribution in [0.25, 0.3) is 0 Å². The summed E-state index contributed by atoms with van der Waals surface area (Å²) in [6.07, 6.45) is 3.27. The van der Waals surface area contributed by atoms with Gasteiger partial charge in [-0.15, -0.1) is 0 Å². The van der Waals surface area contributed by atoms with Gasteiger partial charge in [-0.25, -0.2) is 0 Å². The van der Waals surface area contributed by atoms with Crippen molar-refractivity contribution in [3.05, 3.63) is 0 Å². The molecule has 4 nitrogen and oxygen atoms in total. The highest BCUT2D eigenvalue weighted by Crippen LogP contribution is 2.13. The molecule has 4 heteroatoms. The van der Waals surface area contributed by atoms with E-state index in [4.69, 9.17) is 19.3 Å². The molecule has 1 heterocycles. The van der Waals surface area contributed by atoms with Gasteiger partial charge >= 0.3 is 0 Å². The molecule has 0 aromatic heterocycles. The lowest BCUT2D eigenvalue weighted by atomic mass is 10.2. The second-order valence-corrected chi connectivity index (χ2v) is 3.00. The van der Waals surface area contributed by atoms with Crippen LogP contribution in [0, 0.1) is 0 Å². The van der Waals surface area contributed by atoms with Crippen LogP contribution < -0.4 is 0 Å². The van der Waals surface area contributed by atoms with Gasteiger partial charge in [0, 0.05) is 6.61 Å². The topological polar surface area (TPSA) is 47.9 Å². The van der Waals surface area contributed by atoms with Crippen molar-refractivity contribution >= 4 is 0 Å². The number of hydrogen-bond donors (Lipinski definition) is 1. The monoisotopic (exact) mass is 190 g/mol. The molecule has 0 aliphatic carbocycles. The predicted octanol–water partition coefficient (Wildman–Crippen LogP) is 0.538. The van der Waals surface area contributed by atoms with Crippen molar-refractivity contribution in [1.29, 1.82) is 0 Å². The summed E-state index contributed by atoms with van der Waals surface area (Å²) in [5.41, 5.74) is 0. The lowest BCUT2D eigenvalue weighted by Crippen LogP contribution is -2.24. The molecule has 0 aromatic carbocycles. The predicted molar refractivity (Wildman–Crippen MR) is 47.4 cm³/mol. The average molecular weight is 190 g/mol. The summed E-state index contributed by atoms with van der Waals surface area (Å²) >= 11 is 0. The lowest BCUT2D eigenvalue weighted by molar-refractivity contribution is -0.169. The molecule has 0 radical (unpaired) electrons. The van der Waals surface area contributed by atoms with E-state index in [1.54, 1.807) is 0 Å². The van der Waals surface area contributed by atoms with Crippen molar-refractivity contribution in [1.82, 2.24) is 0 Å². The zero-order chi connectivity index (χ0) is 9.36. The summed E-state index contributed by atoms with van der Waals surface area (Å²) in [6.45, 7) is 2.34. The van der Waals surface area contributed by atoms with Crippen LogP contribution in [0.15, 0.2) is 0 Å². The third kappa shape index (κ3) is 5.21. The fourth-order valence-electron chi connectivity index (χ4n) is 1.25. The van der Waals surface area contributed by atoms with Gasteiger partial charge in [-0.3, -0.25) is 0 Å². The van der Waals surface area contributed by atoms with Crippen LogP contribution in [0.4, 0.5) is 0 Å². The molecule has 1 N–H and O–H groups in total. The first-order valence-electron chi connectivity index (χ1n) is 4.85. The molecular weight excluding hydrogens is 172 g/mol. The minimum Gasteiger partial charge on any atom is -0.394 e. The van der Waals surface area contributed by atoms with Gasteiger partial charge in [0.1, 0.15) is 0 Å². The molecule has 1 atom stereocenters. The molecule has 1 rings (SSSR count). The molecule has 1 aliphatic rings. The Labute approximate surface area is 78.8 Å². The van der Waals surface area contributed by atoms with Crippen molar-refractivity contribution < 1.29 is 19.3 Å². The Morgan fingerprint density at radius 2 is 2.15 bits per heavy atom. The maximum Gasteiger partial charge on any atom is 0.157 e. The number of ether oxygens (including phenoxy) is 3. The molecule has 1 fully saturated rings. The Hall–Kier alpha value is -0.160. The average Bonchev–Trinajstić information content (AvgIpc) is 2.19. The van der Waals surface area contributed by atoms with Crippen LogP contribution >= 0.6 is 0 Å². The molecule has 0 unspecified atom stereocenters. The third-order valence-electron chi connectivity index (χ3n) is 1.90. The maximum atomic E-state index is 8.42. The highest BCUT2D eigenvalue weighted by molar-refractivity contribution is 4.53. The van der Waals surface area contributed by atoms with E-state index in [1.165, 1.54) is 6.42 Å². The Balaban J connectivity index is 1.86. The Morgan fingerprint density at radius 1 is 1.23 bits per heavy atom. The van der Waals surface area contributed by atoms with Crippen LogP contribution in [-0.4, -0.2) is 44.4 Å². The van der Waals surface area contributed by atoms with Crippen molar-refractivity contribution in [3.8, 4) is 0 Å².